The van der Waals surface area contributed by atoms with E-state index in [2.05, 4.69) is 27.4 Å². The van der Waals surface area contributed by atoms with Crippen molar-refractivity contribution >= 4 is 29.4 Å². The van der Waals surface area contributed by atoms with Crippen molar-refractivity contribution in [2.24, 2.45) is 34.0 Å². The molecule has 1 amide bonds. The molecule has 1 heterocycles. The first-order valence-corrected chi connectivity index (χ1v) is 19.4. The van der Waals surface area contributed by atoms with Crippen molar-refractivity contribution in [1.29, 1.82) is 0 Å². The van der Waals surface area contributed by atoms with Crippen LogP contribution in [-0.2, 0) is 38.8 Å². The van der Waals surface area contributed by atoms with Gasteiger partial charge in [-0.05, 0) is 54.1 Å². The zero-order valence-corrected chi connectivity index (χ0v) is 33.9. The van der Waals surface area contributed by atoms with E-state index in [9.17, 15) is 19.5 Å². The number of ketones is 1. The SMILES string of the molecule is C=C[C@]1(C)C[C@@H](OC(=O)CSc2cc[n+](CC(=O)N(Cc3ccccc3)Cc3ccccc3)cc2)[C@]2(C)[C@H](C)CC[C@]3(CCC(=O)[C@H]32)[C@@H](C)[C@@H]1O.[I-]. The summed E-state index contributed by atoms with van der Waals surface area (Å²) in [7, 11) is 0. The van der Waals surface area contributed by atoms with Crippen LogP contribution in [0.3, 0.4) is 0 Å². The Morgan fingerprint density at radius 2 is 1.58 bits per heavy atom. The van der Waals surface area contributed by atoms with Gasteiger partial charge < -0.3 is 38.7 Å². The maximum absolute atomic E-state index is 13.7. The topological polar surface area (TPSA) is 87.8 Å². The lowest BCUT2D eigenvalue weighted by atomic mass is 9.44. The van der Waals surface area contributed by atoms with E-state index in [1.807, 2.05) is 108 Å². The predicted octanol–water partition coefficient (Wildman–Crippen LogP) is 4.21. The Labute approximate surface area is 330 Å². The van der Waals surface area contributed by atoms with Crippen LogP contribution < -0.4 is 28.5 Å². The Hall–Kier alpha value is -3.02. The minimum Gasteiger partial charge on any atom is -1.00 e. The van der Waals surface area contributed by atoms with Gasteiger partial charge in [-0.1, -0.05) is 94.4 Å². The second-order valence-corrected chi connectivity index (χ2v) is 16.8. The number of amides is 1. The number of Topliss-reactive ketones (excluding diaryl/α,β-unsaturated/α-hetero) is 1. The fraction of sp³-hybridized carbons (Fsp3) is 0.488. The minimum absolute atomic E-state index is 0. The van der Waals surface area contributed by atoms with Crippen molar-refractivity contribution in [2.75, 3.05) is 5.75 Å². The van der Waals surface area contributed by atoms with Crippen LogP contribution in [0.2, 0.25) is 0 Å². The highest BCUT2D eigenvalue weighted by molar-refractivity contribution is 8.00. The summed E-state index contributed by atoms with van der Waals surface area (Å²) in [6.45, 7) is 13.8. The van der Waals surface area contributed by atoms with Gasteiger partial charge in [-0.3, -0.25) is 14.4 Å². The van der Waals surface area contributed by atoms with Gasteiger partial charge in [0.15, 0.2) is 12.4 Å². The van der Waals surface area contributed by atoms with Gasteiger partial charge >= 0.3 is 5.97 Å². The number of benzene rings is 2. The molecule has 2 bridgehead atoms. The van der Waals surface area contributed by atoms with E-state index in [1.165, 1.54) is 11.8 Å². The molecule has 3 fully saturated rings. The molecular weight excluding hydrogens is 783 g/mol. The Morgan fingerprint density at radius 1 is 0.981 bits per heavy atom. The number of halogens is 1. The van der Waals surface area contributed by atoms with Gasteiger partial charge in [0, 0.05) is 53.3 Å². The molecule has 2 aromatic carbocycles. The molecule has 3 aliphatic carbocycles. The Balaban J connectivity index is 0.00000523. The number of aliphatic hydroxyl groups is 1. The first-order valence-electron chi connectivity index (χ1n) is 18.4. The van der Waals surface area contributed by atoms with Crippen LogP contribution in [0.25, 0.3) is 0 Å². The minimum atomic E-state index is -0.691. The monoisotopic (exact) mass is 836 g/mol. The molecule has 0 aliphatic heterocycles. The lowest BCUT2D eigenvalue weighted by Crippen LogP contribution is -3.00. The van der Waals surface area contributed by atoms with Crippen LogP contribution in [0.5, 0.6) is 0 Å². The van der Waals surface area contributed by atoms with E-state index < -0.39 is 23.0 Å². The van der Waals surface area contributed by atoms with Crippen molar-refractivity contribution in [3.05, 3.63) is 109 Å². The Bertz CT molecular complexity index is 1680. The van der Waals surface area contributed by atoms with E-state index in [-0.39, 0.29) is 77.1 Å². The first-order chi connectivity index (χ1) is 24.4. The number of carbonyl (C=O) groups excluding carboxylic acids is 3. The van der Waals surface area contributed by atoms with Gasteiger partial charge in [-0.15, -0.1) is 18.3 Å². The normalized spacial score (nSPS) is 30.9. The number of aliphatic hydroxyl groups excluding tert-OH is 1. The number of aromatic nitrogens is 1. The molecule has 0 unspecified atom stereocenters. The third-order valence-electron chi connectivity index (χ3n) is 12.9. The van der Waals surface area contributed by atoms with Crippen LogP contribution in [0, 0.1) is 34.0 Å². The smallest absolute Gasteiger partial charge is 0.316 e. The van der Waals surface area contributed by atoms with Crippen LogP contribution in [0.15, 0.2) is 103 Å². The summed E-state index contributed by atoms with van der Waals surface area (Å²) in [5.74, 6) is -0.0941. The summed E-state index contributed by atoms with van der Waals surface area (Å²) in [5.41, 5.74) is 0.645. The van der Waals surface area contributed by atoms with E-state index in [4.69, 9.17) is 4.74 Å². The zero-order valence-electron chi connectivity index (χ0n) is 30.9. The van der Waals surface area contributed by atoms with Crippen LogP contribution in [0.4, 0.5) is 0 Å². The molecule has 0 saturated heterocycles. The number of pyridine rings is 1. The maximum atomic E-state index is 13.7. The van der Waals surface area contributed by atoms with Crippen LogP contribution in [-0.4, -0.2) is 45.6 Å². The first kappa shape index (κ1) is 40.2. The van der Waals surface area contributed by atoms with E-state index in [0.717, 1.165) is 35.3 Å². The van der Waals surface area contributed by atoms with Crippen molar-refractivity contribution in [3.63, 3.8) is 0 Å². The lowest BCUT2D eigenvalue weighted by Gasteiger charge is -2.61. The lowest BCUT2D eigenvalue weighted by molar-refractivity contribution is -0.685. The van der Waals surface area contributed by atoms with Crippen molar-refractivity contribution in [1.82, 2.24) is 4.90 Å². The molecule has 8 atom stereocenters. The summed E-state index contributed by atoms with van der Waals surface area (Å²) < 4.78 is 8.28. The summed E-state index contributed by atoms with van der Waals surface area (Å²) >= 11 is 1.39. The maximum Gasteiger partial charge on any atom is 0.316 e. The zero-order chi connectivity index (χ0) is 36.4. The van der Waals surface area contributed by atoms with Crippen LogP contribution >= 0.6 is 11.8 Å². The van der Waals surface area contributed by atoms with Gasteiger partial charge in [-0.25, -0.2) is 0 Å². The Morgan fingerprint density at radius 3 is 2.15 bits per heavy atom. The van der Waals surface area contributed by atoms with Crippen LogP contribution in [0.1, 0.15) is 70.9 Å². The molecule has 1 N–H and O–H groups in total. The summed E-state index contributed by atoms with van der Waals surface area (Å²) in [6, 6.07) is 23.9. The molecule has 6 rings (SSSR count). The largest absolute Gasteiger partial charge is 1.00 e. The number of ether oxygens (including phenoxy) is 1. The van der Waals surface area contributed by atoms with Gasteiger partial charge in [0.05, 0.1) is 11.9 Å². The quantitative estimate of drug-likeness (QED) is 0.103. The standard InChI is InChI=1S/C43H53N2O5S.HI/c1-6-41(4)25-36(42(5)30(2)17-21-43(31(3)40(41)49)22-18-35(46)39(42)43)50-38(48)29-51-34-19-23-44(24-20-34)28-37(47)45(26-32-13-9-7-10-14-32)27-33-15-11-8-12-16-33;/h6-16,19-20,23-24,30-31,36,39-40,49H,1,17-18,21-22,25-29H2,2-5H3;1H/q+1;/p-1/t30-,31+,36-,39+,40+,41-,42+,43+;/m1./s1. The molecule has 0 radical (unpaired) electrons. The molecular formula is C43H53IN2O5S. The van der Waals surface area contributed by atoms with Crippen molar-refractivity contribution in [3.8, 4) is 0 Å². The fourth-order valence-electron chi connectivity index (χ4n) is 9.58. The van der Waals surface area contributed by atoms with Gasteiger partial charge in [-0.2, -0.15) is 4.57 Å². The molecule has 9 heteroatoms. The second-order valence-electron chi connectivity index (χ2n) is 15.8. The van der Waals surface area contributed by atoms with Gasteiger partial charge in [0.2, 0.25) is 6.54 Å². The summed E-state index contributed by atoms with van der Waals surface area (Å²) in [6.07, 6.45) is 7.90. The highest BCUT2D eigenvalue weighted by Gasteiger charge is 2.68. The third kappa shape index (κ3) is 7.92. The molecule has 3 aromatic rings. The predicted molar refractivity (Wildman–Crippen MR) is 199 cm³/mol. The number of carbonyl (C=O) groups is 3. The molecule has 1 aromatic heterocycles. The highest BCUT2D eigenvalue weighted by Crippen LogP contribution is 2.68. The molecule has 278 valence electrons. The summed E-state index contributed by atoms with van der Waals surface area (Å²) in [4.78, 5) is 43.6. The van der Waals surface area contributed by atoms with Crippen molar-refractivity contribution in [2.45, 2.75) is 96.5 Å². The average Bonchev–Trinajstić information content (AvgIpc) is 3.50. The molecule has 52 heavy (non-hydrogen) atoms. The molecule has 0 spiro atoms. The molecule has 7 nitrogen and oxygen atoms in total. The van der Waals surface area contributed by atoms with Crippen molar-refractivity contribution < 1.29 is 52.8 Å². The van der Waals surface area contributed by atoms with E-state index >= 15 is 0 Å². The number of thioether (sulfide) groups is 1. The number of esters is 1. The number of nitrogens with zero attached hydrogens (tertiary/aromatic N) is 2. The number of rotatable bonds is 11. The second kappa shape index (κ2) is 16.6. The molecule has 3 saturated carbocycles. The average molecular weight is 837 g/mol. The fourth-order valence-corrected chi connectivity index (χ4v) is 10.2. The third-order valence-corrected chi connectivity index (χ3v) is 13.9. The number of hydrogen-bond donors (Lipinski definition) is 1. The number of hydrogen-bond acceptors (Lipinski definition) is 6. The summed E-state index contributed by atoms with van der Waals surface area (Å²) in [5, 5.41) is 11.8. The van der Waals surface area contributed by atoms with Gasteiger partial charge in [0.25, 0.3) is 5.91 Å². The van der Waals surface area contributed by atoms with E-state index in [0.29, 0.717) is 25.9 Å². The van der Waals surface area contributed by atoms with E-state index in [1.54, 1.807) is 0 Å². The molecule has 3 aliphatic rings. The Kier molecular flexibility index (Phi) is 12.8. The highest BCUT2D eigenvalue weighted by atomic mass is 127. The van der Waals surface area contributed by atoms with Gasteiger partial charge in [0.1, 0.15) is 11.9 Å².